The topological polar surface area (TPSA) is 91.7 Å². The highest BCUT2D eigenvalue weighted by molar-refractivity contribution is 5.83. The molecular weight excluding hydrogens is 354 g/mol. The molecule has 0 spiro atoms. The van der Waals surface area contributed by atoms with Gasteiger partial charge < -0.3 is 10.3 Å². The van der Waals surface area contributed by atoms with Gasteiger partial charge in [0.15, 0.2) is 5.82 Å². The van der Waals surface area contributed by atoms with Crippen molar-refractivity contribution in [2.45, 2.75) is 45.2 Å². The lowest BCUT2D eigenvalue weighted by Crippen LogP contribution is -2.32. The third-order valence-electron chi connectivity index (χ3n) is 5.35. The molecule has 1 aromatic carbocycles. The Hall–Kier alpha value is -2.74. The van der Waals surface area contributed by atoms with E-state index in [2.05, 4.69) is 42.9 Å². The van der Waals surface area contributed by atoms with Crippen LogP contribution in [0.25, 0.3) is 10.9 Å². The van der Waals surface area contributed by atoms with Gasteiger partial charge in [0.05, 0.1) is 6.54 Å². The van der Waals surface area contributed by atoms with Gasteiger partial charge in [-0.3, -0.25) is 9.69 Å². The number of aromatic amines is 1. The fourth-order valence-corrected chi connectivity index (χ4v) is 3.82. The molecule has 1 amide bonds. The van der Waals surface area contributed by atoms with Crippen molar-refractivity contribution < 1.29 is 4.79 Å². The number of rotatable bonds is 7. The summed E-state index contributed by atoms with van der Waals surface area (Å²) in [7, 11) is 0. The van der Waals surface area contributed by atoms with Gasteiger partial charge in [0.1, 0.15) is 6.54 Å². The number of carbonyl (C=O) groups is 1. The van der Waals surface area contributed by atoms with Crippen LogP contribution in [-0.2, 0) is 24.3 Å². The van der Waals surface area contributed by atoms with E-state index in [4.69, 9.17) is 0 Å². The maximum Gasteiger partial charge on any atom is 0.241 e. The molecule has 1 fully saturated rings. The van der Waals surface area contributed by atoms with Gasteiger partial charge in [-0.2, -0.15) is 0 Å². The first-order valence-electron chi connectivity index (χ1n) is 10.1. The van der Waals surface area contributed by atoms with E-state index < -0.39 is 0 Å². The summed E-state index contributed by atoms with van der Waals surface area (Å²) in [6.45, 7) is 3.59. The van der Waals surface area contributed by atoms with Crippen LogP contribution >= 0.6 is 0 Å². The van der Waals surface area contributed by atoms with Gasteiger partial charge >= 0.3 is 0 Å². The minimum Gasteiger partial charge on any atom is -0.361 e. The lowest BCUT2D eigenvalue weighted by Gasteiger charge is -2.18. The van der Waals surface area contributed by atoms with Crippen molar-refractivity contribution in [3.05, 3.63) is 41.9 Å². The maximum atomic E-state index is 12.4. The highest BCUT2D eigenvalue weighted by atomic mass is 16.2. The molecule has 3 aromatic rings. The van der Waals surface area contributed by atoms with E-state index in [0.717, 1.165) is 30.9 Å². The first-order valence-corrected chi connectivity index (χ1v) is 10.1. The van der Waals surface area contributed by atoms with Crippen molar-refractivity contribution in [2.24, 2.45) is 0 Å². The molecule has 28 heavy (non-hydrogen) atoms. The van der Waals surface area contributed by atoms with E-state index in [1.807, 2.05) is 18.3 Å². The summed E-state index contributed by atoms with van der Waals surface area (Å²) in [5.74, 6) is 0.693. The Morgan fingerprint density at radius 2 is 1.96 bits per heavy atom. The number of benzene rings is 1. The normalized spacial score (nSPS) is 15.6. The van der Waals surface area contributed by atoms with Crippen molar-refractivity contribution in [1.82, 2.24) is 35.4 Å². The number of carbonyl (C=O) groups excluding carboxylic acids is 1. The fourth-order valence-electron chi connectivity index (χ4n) is 3.82. The second-order valence-electron chi connectivity index (χ2n) is 7.40. The molecule has 0 saturated carbocycles. The predicted octanol–water partition coefficient (Wildman–Crippen LogP) is 1.89. The van der Waals surface area contributed by atoms with Gasteiger partial charge in [0, 0.05) is 23.6 Å². The average molecular weight is 381 g/mol. The number of H-pyrrole nitrogens is 1. The summed E-state index contributed by atoms with van der Waals surface area (Å²) >= 11 is 0. The minimum absolute atomic E-state index is 0.0655. The summed E-state index contributed by atoms with van der Waals surface area (Å²) in [6.07, 6.45) is 7.82. The predicted molar refractivity (Wildman–Crippen MR) is 107 cm³/mol. The van der Waals surface area contributed by atoms with E-state index in [1.165, 1.54) is 36.6 Å². The van der Waals surface area contributed by atoms with Gasteiger partial charge in [-0.05, 0) is 54.4 Å². The molecule has 1 aliphatic heterocycles. The zero-order valence-corrected chi connectivity index (χ0v) is 16.1. The molecule has 0 aliphatic carbocycles. The molecule has 0 bridgehead atoms. The average Bonchev–Trinajstić information content (AvgIpc) is 3.22. The van der Waals surface area contributed by atoms with E-state index in [9.17, 15) is 4.79 Å². The highest BCUT2D eigenvalue weighted by Crippen LogP contribution is 2.17. The van der Waals surface area contributed by atoms with E-state index in [-0.39, 0.29) is 12.5 Å². The number of fused-ring (bicyclic) bond motifs is 1. The van der Waals surface area contributed by atoms with Crippen LogP contribution in [0.2, 0.25) is 0 Å². The monoisotopic (exact) mass is 381 g/mol. The summed E-state index contributed by atoms with van der Waals surface area (Å²) in [5.41, 5.74) is 2.33. The first-order chi connectivity index (χ1) is 13.8. The number of aromatic nitrogens is 5. The van der Waals surface area contributed by atoms with Crippen LogP contribution in [0.5, 0.6) is 0 Å². The van der Waals surface area contributed by atoms with Gasteiger partial charge in [0.2, 0.25) is 5.91 Å². The van der Waals surface area contributed by atoms with E-state index in [1.54, 1.807) is 4.68 Å². The zero-order chi connectivity index (χ0) is 19.2. The molecule has 0 radical (unpaired) electrons. The van der Waals surface area contributed by atoms with Crippen molar-refractivity contribution in [3.8, 4) is 0 Å². The lowest BCUT2D eigenvalue weighted by atomic mass is 10.1. The summed E-state index contributed by atoms with van der Waals surface area (Å²) in [4.78, 5) is 18.0. The number of nitrogens with one attached hydrogen (secondary N) is 2. The number of nitrogens with zero attached hydrogens (tertiary/aromatic N) is 5. The molecule has 0 atom stereocenters. The Kier molecular flexibility index (Phi) is 5.96. The number of hydrogen-bond donors (Lipinski definition) is 2. The third kappa shape index (κ3) is 4.56. The van der Waals surface area contributed by atoms with Crippen LogP contribution < -0.4 is 5.32 Å². The molecule has 8 nitrogen and oxygen atoms in total. The Balaban J connectivity index is 1.28. The third-order valence-corrected chi connectivity index (χ3v) is 5.35. The standard InChI is InChI=1S/C20H27N7O/c28-20(21-10-9-16-13-22-18-8-4-3-7-17(16)18)15-27-19(23-24-25-27)14-26-11-5-1-2-6-12-26/h3-4,7-8,13,22H,1-2,5-6,9-12,14-15H2,(H,21,28). The summed E-state index contributed by atoms with van der Waals surface area (Å²) in [6, 6.07) is 8.20. The molecule has 1 aliphatic rings. The van der Waals surface area contributed by atoms with Crippen LogP contribution in [0.1, 0.15) is 37.1 Å². The van der Waals surface area contributed by atoms with E-state index >= 15 is 0 Å². The molecule has 4 rings (SSSR count). The van der Waals surface area contributed by atoms with Crippen molar-refractivity contribution >= 4 is 16.8 Å². The zero-order valence-electron chi connectivity index (χ0n) is 16.1. The Morgan fingerprint density at radius 3 is 2.82 bits per heavy atom. The van der Waals surface area contributed by atoms with Gasteiger partial charge in [-0.25, -0.2) is 4.68 Å². The number of hydrogen-bond acceptors (Lipinski definition) is 5. The van der Waals surface area contributed by atoms with Gasteiger partial charge in [-0.15, -0.1) is 5.10 Å². The van der Waals surface area contributed by atoms with Crippen LogP contribution in [-0.4, -0.2) is 55.6 Å². The van der Waals surface area contributed by atoms with Gasteiger partial charge in [0.25, 0.3) is 0 Å². The highest BCUT2D eigenvalue weighted by Gasteiger charge is 2.15. The molecule has 8 heteroatoms. The second kappa shape index (κ2) is 8.97. The van der Waals surface area contributed by atoms with Crippen LogP contribution in [0.4, 0.5) is 0 Å². The molecule has 0 unspecified atom stereocenters. The Morgan fingerprint density at radius 1 is 1.14 bits per heavy atom. The van der Waals surface area contributed by atoms with Crippen molar-refractivity contribution in [3.63, 3.8) is 0 Å². The Bertz CT molecular complexity index is 908. The van der Waals surface area contributed by atoms with Crippen LogP contribution in [0, 0.1) is 0 Å². The fraction of sp³-hybridized carbons (Fsp3) is 0.500. The quantitative estimate of drug-likeness (QED) is 0.652. The molecule has 3 heterocycles. The summed E-state index contributed by atoms with van der Waals surface area (Å²) < 4.78 is 1.62. The number of amides is 1. The number of tetrazole rings is 1. The summed E-state index contributed by atoms with van der Waals surface area (Å²) in [5, 5.41) is 16.1. The van der Waals surface area contributed by atoms with Crippen molar-refractivity contribution in [2.75, 3.05) is 19.6 Å². The van der Waals surface area contributed by atoms with E-state index in [0.29, 0.717) is 13.1 Å². The maximum absolute atomic E-state index is 12.4. The molecular formula is C20H27N7O. The molecule has 2 aromatic heterocycles. The molecule has 1 saturated heterocycles. The second-order valence-corrected chi connectivity index (χ2v) is 7.40. The number of para-hydroxylation sites is 1. The molecule has 2 N–H and O–H groups in total. The Labute approximate surface area is 164 Å². The van der Waals surface area contributed by atoms with Crippen LogP contribution in [0.3, 0.4) is 0 Å². The minimum atomic E-state index is -0.0655. The first kappa shape index (κ1) is 18.6. The van der Waals surface area contributed by atoms with Crippen molar-refractivity contribution in [1.29, 1.82) is 0 Å². The molecule has 148 valence electrons. The lowest BCUT2D eigenvalue weighted by molar-refractivity contribution is -0.121. The van der Waals surface area contributed by atoms with Crippen LogP contribution in [0.15, 0.2) is 30.5 Å². The SMILES string of the molecule is O=C(Cn1nnnc1CN1CCCCCC1)NCCc1c[nH]c2ccccc12. The number of likely N-dealkylation sites (tertiary alicyclic amines) is 1. The largest absolute Gasteiger partial charge is 0.361 e. The smallest absolute Gasteiger partial charge is 0.241 e. The van der Waals surface area contributed by atoms with Gasteiger partial charge in [-0.1, -0.05) is 31.0 Å².